The summed E-state index contributed by atoms with van der Waals surface area (Å²) in [5.41, 5.74) is 13.9. The van der Waals surface area contributed by atoms with Crippen LogP contribution in [-0.2, 0) is 12.8 Å². The van der Waals surface area contributed by atoms with Crippen molar-refractivity contribution in [1.29, 1.82) is 0 Å². The highest BCUT2D eigenvalue weighted by Gasteiger charge is 2.28. The number of hydrogen-bond acceptors (Lipinski definition) is 0. The molecule has 0 atom stereocenters. The zero-order valence-electron chi connectivity index (χ0n) is 16.4. The van der Waals surface area contributed by atoms with Crippen molar-refractivity contribution >= 4 is 19.2 Å². The number of rotatable bonds is 3. The van der Waals surface area contributed by atoms with Crippen LogP contribution in [0, 0.1) is 0 Å². The zero-order chi connectivity index (χ0) is 19.4. The van der Waals surface area contributed by atoms with Gasteiger partial charge in [0.25, 0.3) is 0 Å². The quantitative estimate of drug-likeness (QED) is 0.380. The molecule has 0 unspecified atom stereocenters. The second kappa shape index (κ2) is 6.43. The first-order chi connectivity index (χ1) is 14.3. The van der Waals surface area contributed by atoms with Crippen LogP contribution in [0.25, 0.3) is 22.3 Å². The van der Waals surface area contributed by atoms with E-state index in [1.165, 1.54) is 54.9 Å². The third kappa shape index (κ3) is 2.44. The van der Waals surface area contributed by atoms with Gasteiger partial charge in [-0.2, -0.15) is 0 Å². The topological polar surface area (TPSA) is 0 Å². The lowest BCUT2D eigenvalue weighted by Crippen LogP contribution is -2.44. The minimum atomic E-state index is -1.52. The molecule has 2 aliphatic carbocycles. The molecule has 0 amide bonds. The summed E-state index contributed by atoms with van der Waals surface area (Å²) in [6, 6.07) is 31.6. The Balaban J connectivity index is 1.51. The van der Waals surface area contributed by atoms with E-state index in [0.29, 0.717) is 0 Å². The summed E-state index contributed by atoms with van der Waals surface area (Å²) in [6.07, 6.45) is 2.10. The van der Waals surface area contributed by atoms with Crippen LogP contribution in [0.5, 0.6) is 0 Å². The van der Waals surface area contributed by atoms with Crippen LogP contribution >= 0.6 is 0 Å². The predicted molar refractivity (Wildman–Crippen MR) is 126 cm³/mol. The Hall–Kier alpha value is -3.16. The summed E-state index contributed by atoms with van der Waals surface area (Å²) >= 11 is 0. The van der Waals surface area contributed by atoms with Gasteiger partial charge < -0.3 is 0 Å². The lowest BCUT2D eigenvalue weighted by molar-refractivity contribution is 1.27. The van der Waals surface area contributed by atoms with Crippen LogP contribution in [0.2, 0.25) is 0 Å². The summed E-state index contributed by atoms with van der Waals surface area (Å²) in [6.45, 7) is 4.32. The van der Waals surface area contributed by atoms with Gasteiger partial charge in [-0.3, -0.25) is 0 Å². The van der Waals surface area contributed by atoms with Crippen LogP contribution in [0.4, 0.5) is 0 Å². The smallest absolute Gasteiger partial charge is 0.107 e. The van der Waals surface area contributed by atoms with Crippen molar-refractivity contribution in [3.63, 3.8) is 0 Å². The average molecular weight is 387 g/mol. The molecule has 0 saturated carbocycles. The van der Waals surface area contributed by atoms with E-state index < -0.39 is 8.80 Å². The Morgan fingerprint density at radius 3 is 1.48 bits per heavy atom. The average Bonchev–Trinajstić information content (AvgIpc) is 3.34. The summed E-state index contributed by atoms with van der Waals surface area (Å²) < 4.78 is 0. The Morgan fingerprint density at radius 2 is 1.00 bits per heavy atom. The van der Waals surface area contributed by atoms with Gasteiger partial charge in [-0.1, -0.05) is 90.6 Å². The van der Waals surface area contributed by atoms with E-state index in [1.54, 1.807) is 0 Å². The van der Waals surface area contributed by atoms with Crippen molar-refractivity contribution in [2.24, 2.45) is 0 Å². The molecule has 1 heteroatoms. The Kier molecular flexibility index (Phi) is 3.72. The minimum absolute atomic E-state index is 1.05. The molecule has 0 N–H and O–H groups in total. The monoisotopic (exact) mass is 386 g/mol. The molecule has 0 radical (unpaired) electrons. The van der Waals surface area contributed by atoms with E-state index in [4.69, 9.17) is 0 Å². The van der Waals surface area contributed by atoms with Crippen LogP contribution in [-0.4, -0.2) is 8.80 Å². The lowest BCUT2D eigenvalue weighted by atomic mass is 10.1. The molecular formula is C28H22Si. The van der Waals surface area contributed by atoms with Crippen molar-refractivity contribution in [2.75, 3.05) is 0 Å². The SMILES string of the molecule is C=C[SiH](c1cccc2c1Cc1ccccc1-2)c1cccc2c1Cc1ccccc1-2. The van der Waals surface area contributed by atoms with Crippen molar-refractivity contribution in [3.8, 4) is 22.3 Å². The summed E-state index contributed by atoms with van der Waals surface area (Å²) in [4.78, 5) is 0. The maximum atomic E-state index is 4.32. The van der Waals surface area contributed by atoms with Crippen LogP contribution in [0.3, 0.4) is 0 Å². The highest BCUT2D eigenvalue weighted by molar-refractivity contribution is 6.89. The van der Waals surface area contributed by atoms with Gasteiger partial charge in [0.05, 0.1) is 0 Å². The fourth-order valence-corrected chi connectivity index (χ4v) is 8.11. The van der Waals surface area contributed by atoms with Gasteiger partial charge in [-0.05, 0) is 67.7 Å². The van der Waals surface area contributed by atoms with E-state index in [1.807, 2.05) is 0 Å². The third-order valence-corrected chi connectivity index (χ3v) is 9.57. The van der Waals surface area contributed by atoms with Crippen molar-refractivity contribution < 1.29 is 0 Å². The maximum absolute atomic E-state index is 4.32. The molecule has 4 aromatic rings. The molecule has 0 fully saturated rings. The first-order valence-electron chi connectivity index (χ1n) is 10.4. The van der Waals surface area contributed by atoms with Crippen molar-refractivity contribution in [3.05, 3.63) is 119 Å². The molecule has 4 aromatic carbocycles. The normalized spacial score (nSPS) is 13.0. The van der Waals surface area contributed by atoms with Gasteiger partial charge in [-0.25, -0.2) is 0 Å². The van der Waals surface area contributed by atoms with E-state index in [0.717, 1.165) is 12.8 Å². The van der Waals surface area contributed by atoms with Gasteiger partial charge >= 0.3 is 0 Å². The molecule has 2 aliphatic rings. The molecule has 29 heavy (non-hydrogen) atoms. The minimum Gasteiger partial charge on any atom is -0.107 e. The summed E-state index contributed by atoms with van der Waals surface area (Å²) in [7, 11) is -1.52. The van der Waals surface area contributed by atoms with Gasteiger partial charge in [0.1, 0.15) is 8.80 Å². The highest BCUT2D eigenvalue weighted by Crippen LogP contribution is 2.37. The highest BCUT2D eigenvalue weighted by atomic mass is 28.3. The van der Waals surface area contributed by atoms with Crippen LogP contribution < -0.4 is 10.4 Å². The van der Waals surface area contributed by atoms with Gasteiger partial charge in [-0.15, -0.1) is 6.58 Å². The zero-order valence-corrected chi connectivity index (χ0v) is 17.5. The second-order valence-corrected chi connectivity index (χ2v) is 10.8. The van der Waals surface area contributed by atoms with Gasteiger partial charge in [0, 0.05) is 0 Å². The van der Waals surface area contributed by atoms with E-state index in [-0.39, 0.29) is 0 Å². The first kappa shape index (κ1) is 16.8. The third-order valence-electron chi connectivity index (χ3n) is 6.68. The number of benzene rings is 4. The number of hydrogen-bond donors (Lipinski definition) is 0. The fourth-order valence-electron chi connectivity index (χ4n) is 5.37. The van der Waals surface area contributed by atoms with E-state index >= 15 is 0 Å². The van der Waals surface area contributed by atoms with Crippen LogP contribution in [0.1, 0.15) is 22.3 Å². The molecule has 0 aromatic heterocycles. The molecule has 0 spiro atoms. The Morgan fingerprint density at radius 1 is 0.552 bits per heavy atom. The Labute approximate surface area is 173 Å². The predicted octanol–water partition coefficient (Wildman–Crippen LogP) is 4.90. The molecule has 6 rings (SSSR count). The summed E-state index contributed by atoms with van der Waals surface area (Å²) in [5, 5.41) is 3.08. The van der Waals surface area contributed by atoms with Crippen molar-refractivity contribution in [2.45, 2.75) is 12.8 Å². The van der Waals surface area contributed by atoms with E-state index in [2.05, 4.69) is 97.2 Å². The fraction of sp³-hybridized carbons (Fsp3) is 0.0714. The van der Waals surface area contributed by atoms with Crippen LogP contribution in [0.15, 0.2) is 97.2 Å². The largest absolute Gasteiger partial charge is 0.125 e. The molecule has 0 heterocycles. The maximum Gasteiger partial charge on any atom is 0.125 e. The second-order valence-electron chi connectivity index (χ2n) is 8.13. The summed E-state index contributed by atoms with van der Waals surface area (Å²) in [5.74, 6) is 0. The molecule has 0 nitrogen and oxygen atoms in total. The van der Waals surface area contributed by atoms with Gasteiger partial charge in [0.2, 0.25) is 0 Å². The molecule has 138 valence electrons. The van der Waals surface area contributed by atoms with Gasteiger partial charge in [0.15, 0.2) is 0 Å². The molecule has 0 bridgehead atoms. The molecular weight excluding hydrogens is 364 g/mol. The molecule has 0 saturated heterocycles. The Bertz CT molecular complexity index is 1180. The lowest BCUT2D eigenvalue weighted by Gasteiger charge is -2.19. The van der Waals surface area contributed by atoms with Crippen molar-refractivity contribution in [1.82, 2.24) is 0 Å². The molecule has 0 aliphatic heterocycles. The first-order valence-corrected chi connectivity index (χ1v) is 12.2. The standard InChI is InChI=1S/C28H22Si/c1-2-29(27-15-7-13-23-21-11-5-3-9-19(21)17-25(23)27)28-16-8-14-24-22-12-6-4-10-20(22)18-26(24)28/h2-16,29H,1,17-18H2. The van der Waals surface area contributed by atoms with E-state index in [9.17, 15) is 0 Å². The number of fused-ring (bicyclic) bond motifs is 6.